The lowest BCUT2D eigenvalue weighted by molar-refractivity contribution is -0.383. The molecule has 11 heteroatoms. The van der Waals surface area contributed by atoms with E-state index in [1.165, 1.54) is 18.2 Å². The SMILES string of the molecule is CCOC(=O)C1=C(c2ccccc2)NC(SCC(=O)Nc2ccccc2[N+](=O)[O-])=C(C#N)[C@H]1c1ccccc1Cl. The van der Waals surface area contributed by atoms with Crippen LogP contribution in [0.5, 0.6) is 0 Å². The number of rotatable bonds is 9. The molecular formula is C29H23ClN4O5S. The van der Waals surface area contributed by atoms with E-state index in [1.54, 1.807) is 37.3 Å². The van der Waals surface area contributed by atoms with Crippen LogP contribution in [0.4, 0.5) is 11.4 Å². The summed E-state index contributed by atoms with van der Waals surface area (Å²) < 4.78 is 5.41. The first-order valence-electron chi connectivity index (χ1n) is 12.1. The van der Waals surface area contributed by atoms with E-state index in [1.807, 2.05) is 30.3 Å². The lowest BCUT2D eigenvalue weighted by atomic mass is 9.81. The molecule has 9 nitrogen and oxygen atoms in total. The monoisotopic (exact) mass is 574 g/mol. The number of nitro groups is 1. The number of hydrogen-bond acceptors (Lipinski definition) is 8. The quantitative estimate of drug-likeness (QED) is 0.180. The van der Waals surface area contributed by atoms with Crippen molar-refractivity contribution in [3.05, 3.63) is 121 Å². The molecule has 1 heterocycles. The van der Waals surface area contributed by atoms with Crippen molar-refractivity contribution in [2.75, 3.05) is 17.7 Å². The number of carbonyl (C=O) groups excluding carboxylic acids is 2. The van der Waals surface area contributed by atoms with E-state index in [-0.39, 0.29) is 34.9 Å². The predicted molar refractivity (Wildman–Crippen MR) is 154 cm³/mol. The fourth-order valence-corrected chi connectivity index (χ4v) is 5.33. The molecule has 1 atom stereocenters. The lowest BCUT2D eigenvalue weighted by Gasteiger charge is -2.31. The first kappa shape index (κ1) is 28.4. The smallest absolute Gasteiger partial charge is 0.337 e. The third-order valence-electron chi connectivity index (χ3n) is 5.95. The minimum absolute atomic E-state index is 0.0626. The van der Waals surface area contributed by atoms with Gasteiger partial charge < -0.3 is 15.4 Å². The number of ether oxygens (including phenoxy) is 1. The molecule has 1 aliphatic rings. The molecule has 3 aromatic rings. The molecule has 0 aromatic heterocycles. The van der Waals surface area contributed by atoms with Crippen LogP contribution in [-0.2, 0) is 14.3 Å². The van der Waals surface area contributed by atoms with Gasteiger partial charge in [-0.25, -0.2) is 4.79 Å². The maximum atomic E-state index is 13.4. The van der Waals surface area contributed by atoms with Crippen molar-refractivity contribution in [2.45, 2.75) is 12.8 Å². The molecule has 3 aromatic carbocycles. The number of dihydropyridines is 1. The van der Waals surface area contributed by atoms with E-state index in [0.29, 0.717) is 26.9 Å². The first-order chi connectivity index (χ1) is 19.3. The minimum Gasteiger partial charge on any atom is -0.463 e. The molecule has 0 unspecified atom stereocenters. The van der Waals surface area contributed by atoms with Gasteiger partial charge in [0.15, 0.2) is 0 Å². The zero-order valence-electron chi connectivity index (χ0n) is 21.2. The summed E-state index contributed by atoms with van der Waals surface area (Å²) in [5, 5.41) is 28.1. The Kier molecular flexibility index (Phi) is 9.22. The number of benzene rings is 3. The Morgan fingerprint density at radius 3 is 2.45 bits per heavy atom. The van der Waals surface area contributed by atoms with Crippen molar-refractivity contribution in [3.8, 4) is 6.07 Å². The van der Waals surface area contributed by atoms with Gasteiger partial charge in [0, 0.05) is 11.1 Å². The number of para-hydroxylation sites is 2. The third kappa shape index (κ3) is 6.17. The van der Waals surface area contributed by atoms with Crippen LogP contribution in [0.1, 0.15) is 24.0 Å². The Morgan fingerprint density at radius 1 is 1.10 bits per heavy atom. The van der Waals surface area contributed by atoms with E-state index in [2.05, 4.69) is 16.7 Å². The molecular weight excluding hydrogens is 552 g/mol. The number of nitrogens with one attached hydrogen (secondary N) is 2. The van der Waals surface area contributed by atoms with Gasteiger partial charge in [-0.1, -0.05) is 84.0 Å². The van der Waals surface area contributed by atoms with Crippen molar-refractivity contribution in [1.29, 1.82) is 5.26 Å². The molecule has 0 fully saturated rings. The second kappa shape index (κ2) is 13.0. The summed E-state index contributed by atoms with van der Waals surface area (Å²) >= 11 is 7.61. The van der Waals surface area contributed by atoms with Crippen molar-refractivity contribution >= 4 is 52.3 Å². The van der Waals surface area contributed by atoms with Gasteiger partial charge in [0.05, 0.1) is 51.1 Å². The number of nitrogens with zero attached hydrogens (tertiary/aromatic N) is 2. The van der Waals surface area contributed by atoms with Gasteiger partial charge in [0.2, 0.25) is 5.91 Å². The normalized spacial score (nSPS) is 14.7. The molecule has 4 rings (SSSR count). The van der Waals surface area contributed by atoms with Crippen molar-refractivity contribution < 1.29 is 19.2 Å². The van der Waals surface area contributed by atoms with E-state index >= 15 is 0 Å². The van der Waals surface area contributed by atoms with Gasteiger partial charge in [0.25, 0.3) is 5.69 Å². The van der Waals surface area contributed by atoms with Crippen LogP contribution in [0.2, 0.25) is 5.02 Å². The molecule has 0 saturated heterocycles. The maximum Gasteiger partial charge on any atom is 0.337 e. The lowest BCUT2D eigenvalue weighted by Crippen LogP contribution is -2.30. The number of amides is 1. The highest BCUT2D eigenvalue weighted by molar-refractivity contribution is 8.03. The standard InChI is InChI=1S/C29H23ClN4O5S/c1-2-39-29(36)26-25(19-12-6-7-13-21(19)30)20(16-31)28(33-27(26)18-10-4-3-5-11-18)40-17-24(35)32-22-14-8-9-15-23(22)34(37)38/h3-15,25,33H,2,17H2,1H3,(H,32,35)/t25-/m1/s1. The van der Waals surface area contributed by atoms with Crippen LogP contribution in [0.15, 0.2) is 95.0 Å². The number of carbonyl (C=O) groups is 2. The highest BCUT2D eigenvalue weighted by Gasteiger charge is 2.38. The summed E-state index contributed by atoms with van der Waals surface area (Å²) in [6.07, 6.45) is 0. The molecule has 0 radical (unpaired) electrons. The Hall–Kier alpha value is -4.59. The molecule has 2 N–H and O–H groups in total. The topological polar surface area (TPSA) is 134 Å². The summed E-state index contributed by atoms with van der Waals surface area (Å²) in [6, 6.07) is 24.0. The van der Waals surface area contributed by atoms with E-state index < -0.39 is 22.7 Å². The number of allylic oxidation sites excluding steroid dienone is 1. The number of halogens is 1. The Balaban J connectivity index is 1.76. The second-order valence-corrected chi connectivity index (χ2v) is 9.81. The number of hydrogen-bond donors (Lipinski definition) is 2. The van der Waals surface area contributed by atoms with Crippen LogP contribution in [-0.4, -0.2) is 29.2 Å². The van der Waals surface area contributed by atoms with Gasteiger partial charge in [-0.2, -0.15) is 5.26 Å². The summed E-state index contributed by atoms with van der Waals surface area (Å²) in [4.78, 5) is 37.0. The average Bonchev–Trinajstić information content (AvgIpc) is 2.96. The van der Waals surface area contributed by atoms with Crippen molar-refractivity contribution in [3.63, 3.8) is 0 Å². The Bertz CT molecular complexity index is 1570. The fraction of sp³-hybridized carbons (Fsp3) is 0.138. The summed E-state index contributed by atoms with van der Waals surface area (Å²) in [5.41, 5.74) is 1.84. The zero-order chi connectivity index (χ0) is 28.6. The van der Waals surface area contributed by atoms with Gasteiger partial charge in [0.1, 0.15) is 5.69 Å². The summed E-state index contributed by atoms with van der Waals surface area (Å²) in [7, 11) is 0. The maximum absolute atomic E-state index is 13.4. The van der Waals surface area contributed by atoms with Crippen molar-refractivity contribution in [1.82, 2.24) is 5.32 Å². The number of esters is 1. The van der Waals surface area contributed by atoms with E-state index in [9.17, 15) is 25.0 Å². The van der Waals surface area contributed by atoms with Crippen LogP contribution in [0, 0.1) is 21.4 Å². The first-order valence-corrected chi connectivity index (χ1v) is 13.5. The van der Waals surface area contributed by atoms with Crippen LogP contribution in [0.25, 0.3) is 5.70 Å². The molecule has 1 amide bonds. The zero-order valence-corrected chi connectivity index (χ0v) is 22.8. The predicted octanol–water partition coefficient (Wildman–Crippen LogP) is 6.02. The number of thioether (sulfide) groups is 1. The molecule has 40 heavy (non-hydrogen) atoms. The van der Waals surface area contributed by atoms with Gasteiger partial charge in [-0.05, 0) is 30.2 Å². The third-order valence-corrected chi connectivity index (χ3v) is 7.31. The van der Waals surface area contributed by atoms with Crippen LogP contribution < -0.4 is 10.6 Å². The van der Waals surface area contributed by atoms with E-state index in [4.69, 9.17) is 16.3 Å². The summed E-state index contributed by atoms with van der Waals surface area (Å²) in [6.45, 7) is 1.82. The minimum atomic E-state index is -0.880. The molecule has 1 aliphatic heterocycles. The largest absolute Gasteiger partial charge is 0.463 e. The molecule has 202 valence electrons. The van der Waals surface area contributed by atoms with E-state index in [0.717, 1.165) is 11.8 Å². The molecule has 0 aliphatic carbocycles. The van der Waals surface area contributed by atoms with Gasteiger partial charge in [-0.3, -0.25) is 14.9 Å². The van der Waals surface area contributed by atoms with Crippen molar-refractivity contribution in [2.24, 2.45) is 0 Å². The fourth-order valence-electron chi connectivity index (χ4n) is 4.24. The molecule has 0 spiro atoms. The Labute approximate surface area is 239 Å². The van der Waals surface area contributed by atoms with Crippen LogP contribution in [0.3, 0.4) is 0 Å². The van der Waals surface area contributed by atoms with Crippen LogP contribution >= 0.6 is 23.4 Å². The highest BCUT2D eigenvalue weighted by Crippen LogP contribution is 2.45. The molecule has 0 saturated carbocycles. The number of nitro benzene ring substituents is 1. The molecule has 0 bridgehead atoms. The number of nitriles is 1. The Morgan fingerprint density at radius 2 is 1.77 bits per heavy atom. The highest BCUT2D eigenvalue weighted by atomic mass is 35.5. The second-order valence-electron chi connectivity index (χ2n) is 8.42. The average molecular weight is 575 g/mol. The number of anilines is 1. The van der Waals surface area contributed by atoms with Gasteiger partial charge >= 0.3 is 5.97 Å². The summed E-state index contributed by atoms with van der Waals surface area (Å²) in [5.74, 6) is -2.17. The van der Waals surface area contributed by atoms with Gasteiger partial charge in [-0.15, -0.1) is 0 Å².